The lowest BCUT2D eigenvalue weighted by Crippen LogP contribution is -2.22. The third-order valence-electron chi connectivity index (χ3n) is 4.97. The molecule has 152 valence electrons. The maximum absolute atomic E-state index is 5.76. The maximum atomic E-state index is 5.76. The first-order chi connectivity index (χ1) is 14.9. The topological polar surface area (TPSA) is 44.2 Å². The van der Waals surface area contributed by atoms with E-state index in [1.165, 1.54) is 6.42 Å². The number of hydrogen-bond acceptors (Lipinski definition) is 4. The van der Waals surface area contributed by atoms with E-state index in [9.17, 15) is 0 Å². The second-order valence-corrected chi connectivity index (χ2v) is 7.26. The van der Waals surface area contributed by atoms with Crippen LogP contribution < -0.4 is 0 Å². The summed E-state index contributed by atoms with van der Waals surface area (Å²) >= 11 is 0. The van der Waals surface area contributed by atoms with E-state index in [2.05, 4.69) is 36.1 Å². The minimum absolute atomic E-state index is 0.0310. The van der Waals surface area contributed by atoms with E-state index in [1.54, 1.807) is 6.20 Å². The van der Waals surface area contributed by atoms with Crippen LogP contribution in [0.3, 0.4) is 0 Å². The molecule has 0 saturated carbocycles. The van der Waals surface area contributed by atoms with Gasteiger partial charge < -0.3 is 9.47 Å². The number of benzene rings is 2. The summed E-state index contributed by atoms with van der Waals surface area (Å²) in [5, 5.41) is 0. The average Bonchev–Trinajstić information content (AvgIpc) is 2.83. The Morgan fingerprint density at radius 1 is 0.933 bits per heavy atom. The molecule has 0 radical (unpaired) electrons. The van der Waals surface area contributed by atoms with Crippen molar-refractivity contribution in [3.63, 3.8) is 0 Å². The molecule has 4 heteroatoms. The van der Waals surface area contributed by atoms with E-state index in [-0.39, 0.29) is 6.29 Å². The van der Waals surface area contributed by atoms with E-state index in [1.807, 2.05) is 36.4 Å². The van der Waals surface area contributed by atoms with Gasteiger partial charge >= 0.3 is 0 Å². The molecule has 2 heterocycles. The van der Waals surface area contributed by atoms with Crippen molar-refractivity contribution in [1.82, 2.24) is 9.97 Å². The van der Waals surface area contributed by atoms with Crippen molar-refractivity contribution >= 4 is 0 Å². The molecule has 1 atom stereocenters. The van der Waals surface area contributed by atoms with E-state index in [0.717, 1.165) is 54.8 Å². The number of aromatic nitrogens is 2. The third-order valence-corrected chi connectivity index (χ3v) is 4.97. The Hall–Kier alpha value is -3.00. The van der Waals surface area contributed by atoms with E-state index >= 15 is 0 Å². The Kier molecular flexibility index (Phi) is 7.22. The first-order valence-electron chi connectivity index (χ1n) is 10.6. The highest BCUT2D eigenvalue weighted by Gasteiger charge is 2.13. The molecule has 1 aliphatic heterocycles. The zero-order chi connectivity index (χ0) is 20.4. The highest BCUT2D eigenvalue weighted by Crippen LogP contribution is 2.28. The zero-order valence-electron chi connectivity index (χ0n) is 17.1. The van der Waals surface area contributed by atoms with Crippen LogP contribution in [0.5, 0.6) is 0 Å². The summed E-state index contributed by atoms with van der Waals surface area (Å²) in [7, 11) is 0. The van der Waals surface area contributed by atoms with Crippen molar-refractivity contribution in [2.45, 2.75) is 38.4 Å². The van der Waals surface area contributed by atoms with Gasteiger partial charge in [-0.1, -0.05) is 66.6 Å². The fourth-order valence-electron chi connectivity index (χ4n) is 3.42. The summed E-state index contributed by atoms with van der Waals surface area (Å²) in [6, 6.07) is 20.3. The van der Waals surface area contributed by atoms with Crippen LogP contribution in [-0.4, -0.2) is 29.5 Å². The van der Waals surface area contributed by atoms with Crippen molar-refractivity contribution in [3.8, 4) is 34.4 Å². The predicted octanol–water partition coefficient (Wildman–Crippen LogP) is 5.49. The molecule has 1 fully saturated rings. The largest absolute Gasteiger partial charge is 0.353 e. The van der Waals surface area contributed by atoms with Gasteiger partial charge in [-0.05, 0) is 31.6 Å². The molecule has 4 rings (SSSR count). The highest BCUT2D eigenvalue weighted by molar-refractivity contribution is 5.77. The number of nitrogens with zero attached hydrogens (tertiary/aromatic N) is 2. The van der Waals surface area contributed by atoms with Crippen LogP contribution in [0.15, 0.2) is 66.9 Å². The minimum atomic E-state index is -0.0310. The van der Waals surface area contributed by atoms with Crippen LogP contribution in [0.4, 0.5) is 0 Å². The van der Waals surface area contributed by atoms with Crippen LogP contribution in [0.2, 0.25) is 0 Å². The first-order valence-corrected chi connectivity index (χ1v) is 10.6. The summed E-state index contributed by atoms with van der Waals surface area (Å²) in [5.41, 5.74) is 4.49. The van der Waals surface area contributed by atoms with Gasteiger partial charge in [-0.2, -0.15) is 0 Å². The molecule has 1 unspecified atom stereocenters. The van der Waals surface area contributed by atoms with Gasteiger partial charge in [0.1, 0.15) is 5.69 Å². The monoisotopic (exact) mass is 398 g/mol. The number of ether oxygens (including phenoxy) is 2. The third kappa shape index (κ3) is 5.54. The van der Waals surface area contributed by atoms with Crippen molar-refractivity contribution in [2.75, 3.05) is 13.2 Å². The number of rotatable bonds is 6. The molecular weight excluding hydrogens is 372 g/mol. The van der Waals surface area contributed by atoms with Crippen molar-refractivity contribution in [2.24, 2.45) is 0 Å². The Balaban J connectivity index is 1.44. The van der Waals surface area contributed by atoms with Crippen molar-refractivity contribution in [1.29, 1.82) is 0 Å². The standard InChI is InChI=1S/C26H26N2O2/c1-4-12-21(13-5-1)25-26(22-14-6-2-7-15-22)28-23(20-27-25)16-8-3-10-18-29-24-17-9-11-19-30-24/h1-2,4-7,12-15,20,24H,3,9-11,17-19H2. The predicted molar refractivity (Wildman–Crippen MR) is 119 cm³/mol. The lowest BCUT2D eigenvalue weighted by Gasteiger charge is -2.22. The van der Waals surface area contributed by atoms with Crippen LogP contribution in [0.1, 0.15) is 37.8 Å². The lowest BCUT2D eigenvalue weighted by molar-refractivity contribution is -0.162. The summed E-state index contributed by atoms with van der Waals surface area (Å²) < 4.78 is 11.3. The Morgan fingerprint density at radius 3 is 2.37 bits per heavy atom. The molecule has 0 amide bonds. The normalized spacial score (nSPS) is 15.9. The second kappa shape index (κ2) is 10.7. The fraction of sp³-hybridized carbons (Fsp3) is 0.308. The highest BCUT2D eigenvalue weighted by atomic mass is 16.7. The molecule has 4 nitrogen and oxygen atoms in total. The summed E-state index contributed by atoms with van der Waals surface area (Å²) in [4.78, 5) is 9.52. The van der Waals surface area contributed by atoms with Crippen LogP contribution >= 0.6 is 0 Å². The van der Waals surface area contributed by atoms with Gasteiger partial charge in [0.25, 0.3) is 0 Å². The minimum Gasteiger partial charge on any atom is -0.353 e. The van der Waals surface area contributed by atoms with Crippen LogP contribution in [0.25, 0.3) is 22.5 Å². The molecular formula is C26H26N2O2. The van der Waals surface area contributed by atoms with Crippen molar-refractivity contribution < 1.29 is 9.47 Å². The van der Waals surface area contributed by atoms with Crippen LogP contribution in [0, 0.1) is 11.8 Å². The van der Waals surface area contributed by atoms with Gasteiger partial charge in [0.05, 0.1) is 24.2 Å². The summed E-state index contributed by atoms with van der Waals surface area (Å²) in [6.45, 7) is 1.49. The van der Waals surface area contributed by atoms with E-state index in [4.69, 9.17) is 19.4 Å². The molecule has 0 spiro atoms. The van der Waals surface area contributed by atoms with Gasteiger partial charge in [0, 0.05) is 24.2 Å². The Morgan fingerprint density at radius 2 is 1.67 bits per heavy atom. The molecule has 0 N–H and O–H groups in total. The van der Waals surface area contributed by atoms with Gasteiger partial charge in [-0.15, -0.1) is 0 Å². The smallest absolute Gasteiger partial charge is 0.157 e. The second-order valence-electron chi connectivity index (χ2n) is 7.26. The average molecular weight is 399 g/mol. The molecule has 1 aromatic heterocycles. The molecule has 1 saturated heterocycles. The van der Waals surface area contributed by atoms with E-state index < -0.39 is 0 Å². The summed E-state index contributed by atoms with van der Waals surface area (Å²) in [6.07, 6.45) is 6.69. The van der Waals surface area contributed by atoms with Gasteiger partial charge in [-0.25, -0.2) is 4.98 Å². The number of unbranched alkanes of at least 4 members (excludes halogenated alkanes) is 1. The maximum Gasteiger partial charge on any atom is 0.157 e. The molecule has 2 aromatic carbocycles. The fourth-order valence-corrected chi connectivity index (χ4v) is 3.42. The van der Waals surface area contributed by atoms with E-state index in [0.29, 0.717) is 12.3 Å². The zero-order valence-corrected chi connectivity index (χ0v) is 17.1. The summed E-state index contributed by atoms with van der Waals surface area (Å²) in [5.74, 6) is 6.37. The number of hydrogen-bond donors (Lipinski definition) is 0. The molecule has 0 aliphatic carbocycles. The Bertz CT molecular complexity index is 988. The lowest BCUT2D eigenvalue weighted by atomic mass is 10.0. The van der Waals surface area contributed by atoms with Gasteiger partial charge in [0.2, 0.25) is 0 Å². The van der Waals surface area contributed by atoms with Crippen LogP contribution in [-0.2, 0) is 9.47 Å². The molecule has 1 aliphatic rings. The van der Waals surface area contributed by atoms with Gasteiger partial charge in [0.15, 0.2) is 6.29 Å². The SMILES string of the molecule is C(#Cc1cnc(-c2ccccc2)c(-c2ccccc2)n1)CCCOC1CCCCO1. The molecule has 30 heavy (non-hydrogen) atoms. The van der Waals surface area contributed by atoms with Crippen molar-refractivity contribution in [3.05, 3.63) is 72.6 Å². The quantitative estimate of drug-likeness (QED) is 0.407. The molecule has 3 aromatic rings. The Labute approximate surface area is 178 Å². The van der Waals surface area contributed by atoms with Gasteiger partial charge in [-0.3, -0.25) is 4.98 Å². The first kappa shape index (κ1) is 20.3. The molecule has 0 bridgehead atoms.